The zero-order valence-corrected chi connectivity index (χ0v) is 17.4. The number of benzene rings is 1. The van der Waals surface area contributed by atoms with Gasteiger partial charge in [-0.25, -0.2) is 0 Å². The van der Waals surface area contributed by atoms with Gasteiger partial charge in [0.05, 0.1) is 13.2 Å². The Kier molecular flexibility index (Phi) is 15.2. The molecule has 0 N–H and O–H groups in total. The van der Waals surface area contributed by atoms with E-state index in [1.807, 2.05) is 18.2 Å². The lowest BCUT2D eigenvalue weighted by molar-refractivity contribution is 0.258. The first kappa shape index (κ1) is 22.9. The maximum atomic E-state index is 5.94. The maximum absolute atomic E-state index is 5.94. The molecule has 0 unspecified atom stereocenters. The van der Waals surface area contributed by atoms with Crippen LogP contribution in [-0.4, -0.2) is 13.2 Å². The van der Waals surface area contributed by atoms with Crippen molar-refractivity contribution in [1.29, 1.82) is 0 Å². The van der Waals surface area contributed by atoms with Gasteiger partial charge >= 0.3 is 0 Å². The lowest BCUT2D eigenvalue weighted by Crippen LogP contribution is -2.02. The fourth-order valence-electron chi connectivity index (χ4n) is 3.12. The predicted octanol–water partition coefficient (Wildman–Crippen LogP) is 7.75. The Hall–Kier alpha value is -1.18. The van der Waals surface area contributed by atoms with Crippen molar-refractivity contribution >= 4 is 0 Å². The summed E-state index contributed by atoms with van der Waals surface area (Å²) in [5.41, 5.74) is 0. The maximum Gasteiger partial charge on any atom is 0.161 e. The fraction of sp³-hybridized carbons (Fsp3) is 0.750. The second-order valence-electron chi connectivity index (χ2n) is 7.31. The van der Waals surface area contributed by atoms with Gasteiger partial charge in [-0.3, -0.25) is 0 Å². The summed E-state index contributed by atoms with van der Waals surface area (Å²) in [7, 11) is 0. The molecule has 0 aromatic heterocycles. The minimum Gasteiger partial charge on any atom is -0.490 e. The number of rotatable bonds is 18. The Balaban J connectivity index is 2.09. The van der Waals surface area contributed by atoms with Crippen LogP contribution in [0.5, 0.6) is 11.5 Å². The standard InChI is InChI=1S/C24H41O2/c1-3-5-7-9-11-12-14-18-22-26-24-20-16-15-19-23(24)25-21-17-13-10-8-6-4-2/h15,19-20H,3-14,17-18,21-22H2,1-2H3. The molecule has 26 heavy (non-hydrogen) atoms. The van der Waals surface area contributed by atoms with E-state index in [1.165, 1.54) is 77.0 Å². The van der Waals surface area contributed by atoms with E-state index >= 15 is 0 Å². The summed E-state index contributed by atoms with van der Waals surface area (Å²) >= 11 is 0. The fourth-order valence-corrected chi connectivity index (χ4v) is 3.12. The van der Waals surface area contributed by atoms with Gasteiger partial charge in [-0.05, 0) is 31.0 Å². The van der Waals surface area contributed by atoms with Crippen molar-refractivity contribution in [3.63, 3.8) is 0 Å². The Morgan fingerprint density at radius 2 is 1.08 bits per heavy atom. The summed E-state index contributed by atoms with van der Waals surface area (Å²) in [6.45, 7) is 6.08. The molecule has 0 spiro atoms. The zero-order chi connectivity index (χ0) is 18.7. The van der Waals surface area contributed by atoms with Crippen LogP contribution in [0.4, 0.5) is 0 Å². The highest BCUT2D eigenvalue weighted by Gasteiger charge is 2.04. The van der Waals surface area contributed by atoms with Gasteiger partial charge in [0.25, 0.3) is 0 Å². The second kappa shape index (κ2) is 17.2. The molecule has 2 nitrogen and oxygen atoms in total. The van der Waals surface area contributed by atoms with E-state index in [1.54, 1.807) is 0 Å². The molecule has 0 fully saturated rings. The molecule has 2 heteroatoms. The smallest absolute Gasteiger partial charge is 0.161 e. The third kappa shape index (κ3) is 12.2. The van der Waals surface area contributed by atoms with E-state index in [4.69, 9.17) is 9.47 Å². The van der Waals surface area contributed by atoms with Gasteiger partial charge in [0.2, 0.25) is 0 Å². The molecule has 1 rings (SSSR count). The molecular formula is C24H41O2. The second-order valence-corrected chi connectivity index (χ2v) is 7.31. The van der Waals surface area contributed by atoms with Crippen LogP contribution in [0.25, 0.3) is 0 Å². The van der Waals surface area contributed by atoms with Gasteiger partial charge < -0.3 is 9.47 Å². The molecule has 0 atom stereocenters. The molecule has 0 saturated heterocycles. The number of ether oxygens (including phenoxy) is 2. The van der Waals surface area contributed by atoms with E-state index in [0.29, 0.717) is 0 Å². The Bertz CT molecular complexity index is 416. The normalized spacial score (nSPS) is 10.8. The van der Waals surface area contributed by atoms with Gasteiger partial charge in [-0.2, -0.15) is 0 Å². The van der Waals surface area contributed by atoms with Crippen LogP contribution in [0, 0.1) is 6.07 Å². The number of hydrogen-bond acceptors (Lipinski definition) is 2. The molecule has 1 radical (unpaired) electrons. The van der Waals surface area contributed by atoms with Crippen LogP contribution >= 0.6 is 0 Å². The molecule has 1 aromatic rings. The summed E-state index contributed by atoms with van der Waals surface area (Å²) in [6, 6.07) is 8.88. The quantitative estimate of drug-likeness (QED) is 0.249. The Morgan fingerprint density at radius 1 is 0.615 bits per heavy atom. The van der Waals surface area contributed by atoms with Crippen LogP contribution in [0.2, 0.25) is 0 Å². The minimum atomic E-state index is 0.778. The predicted molar refractivity (Wildman–Crippen MR) is 112 cm³/mol. The van der Waals surface area contributed by atoms with Gasteiger partial charge in [0.1, 0.15) is 0 Å². The van der Waals surface area contributed by atoms with Crippen molar-refractivity contribution in [2.24, 2.45) is 0 Å². The van der Waals surface area contributed by atoms with Crippen molar-refractivity contribution in [2.45, 2.75) is 104 Å². The van der Waals surface area contributed by atoms with Crippen molar-refractivity contribution in [3.05, 3.63) is 24.3 Å². The van der Waals surface area contributed by atoms with Gasteiger partial charge in [0, 0.05) is 0 Å². The minimum absolute atomic E-state index is 0.778. The Morgan fingerprint density at radius 3 is 1.62 bits per heavy atom. The summed E-state index contributed by atoms with van der Waals surface area (Å²) in [5.74, 6) is 1.72. The van der Waals surface area contributed by atoms with E-state index in [0.717, 1.165) is 37.6 Å². The van der Waals surface area contributed by atoms with Gasteiger partial charge in [-0.1, -0.05) is 97.0 Å². The topological polar surface area (TPSA) is 18.5 Å². The first-order valence-electron chi connectivity index (χ1n) is 11.1. The zero-order valence-electron chi connectivity index (χ0n) is 17.4. The molecule has 0 aliphatic heterocycles. The highest BCUT2D eigenvalue weighted by atomic mass is 16.5. The first-order chi connectivity index (χ1) is 12.9. The molecule has 0 saturated carbocycles. The number of hydrogen-bond donors (Lipinski definition) is 0. The first-order valence-corrected chi connectivity index (χ1v) is 11.1. The van der Waals surface area contributed by atoms with Crippen molar-refractivity contribution in [3.8, 4) is 11.5 Å². The highest BCUT2D eigenvalue weighted by Crippen LogP contribution is 2.26. The van der Waals surface area contributed by atoms with E-state index in [2.05, 4.69) is 19.9 Å². The number of unbranched alkanes of at least 4 members (excludes halogenated alkanes) is 12. The molecule has 0 amide bonds. The average Bonchev–Trinajstić information content (AvgIpc) is 2.67. The summed E-state index contributed by atoms with van der Waals surface area (Å²) < 4.78 is 11.9. The summed E-state index contributed by atoms with van der Waals surface area (Å²) in [6.07, 6.45) is 18.3. The van der Waals surface area contributed by atoms with Crippen LogP contribution in [-0.2, 0) is 0 Å². The van der Waals surface area contributed by atoms with Crippen LogP contribution in [0.1, 0.15) is 104 Å². The van der Waals surface area contributed by atoms with Crippen molar-refractivity contribution in [1.82, 2.24) is 0 Å². The third-order valence-electron chi connectivity index (χ3n) is 4.80. The third-order valence-corrected chi connectivity index (χ3v) is 4.80. The molecule has 1 aromatic carbocycles. The lowest BCUT2D eigenvalue weighted by atomic mass is 10.1. The molecule has 149 valence electrons. The van der Waals surface area contributed by atoms with Crippen molar-refractivity contribution < 1.29 is 9.47 Å². The van der Waals surface area contributed by atoms with E-state index in [9.17, 15) is 0 Å². The van der Waals surface area contributed by atoms with E-state index in [-0.39, 0.29) is 0 Å². The van der Waals surface area contributed by atoms with Crippen LogP contribution in [0.3, 0.4) is 0 Å². The van der Waals surface area contributed by atoms with Gasteiger partial charge in [0.15, 0.2) is 11.5 Å². The molecular weight excluding hydrogens is 320 g/mol. The largest absolute Gasteiger partial charge is 0.490 e. The summed E-state index contributed by atoms with van der Waals surface area (Å²) in [4.78, 5) is 0. The monoisotopic (exact) mass is 361 g/mol. The molecule has 0 aliphatic rings. The Labute approximate surface area is 162 Å². The summed E-state index contributed by atoms with van der Waals surface area (Å²) in [5, 5.41) is 0. The average molecular weight is 362 g/mol. The van der Waals surface area contributed by atoms with Gasteiger partial charge in [-0.15, -0.1) is 0 Å². The molecule has 0 bridgehead atoms. The SMILES string of the molecule is CCCCCCCCCCOc1c[c]ccc1OCCCCCCCC. The molecule has 0 aliphatic carbocycles. The highest BCUT2D eigenvalue weighted by molar-refractivity contribution is 5.38. The van der Waals surface area contributed by atoms with Crippen LogP contribution in [0.15, 0.2) is 18.2 Å². The lowest BCUT2D eigenvalue weighted by Gasteiger charge is -2.12. The van der Waals surface area contributed by atoms with Crippen molar-refractivity contribution in [2.75, 3.05) is 13.2 Å². The van der Waals surface area contributed by atoms with Crippen LogP contribution < -0.4 is 9.47 Å². The molecule has 0 heterocycles. The van der Waals surface area contributed by atoms with E-state index < -0.39 is 0 Å².